The number of rotatable bonds is 6. The summed E-state index contributed by atoms with van der Waals surface area (Å²) in [5.74, 6) is 0.977. The molecule has 0 saturated carbocycles. The van der Waals surface area contributed by atoms with Crippen molar-refractivity contribution < 1.29 is 9.15 Å². The Morgan fingerprint density at radius 1 is 1.53 bits per heavy atom. The molecular weight excluding hydrogens is 190 g/mol. The van der Waals surface area contributed by atoms with Crippen LogP contribution in [0.2, 0.25) is 0 Å². The third kappa shape index (κ3) is 4.06. The highest BCUT2D eigenvalue weighted by Crippen LogP contribution is 2.15. The Labute approximate surface area is 91.8 Å². The average Bonchev–Trinajstić information content (AvgIpc) is 2.70. The van der Waals surface area contributed by atoms with E-state index >= 15 is 0 Å². The molecule has 0 bridgehead atoms. The van der Waals surface area contributed by atoms with Crippen LogP contribution >= 0.6 is 0 Å². The summed E-state index contributed by atoms with van der Waals surface area (Å²) >= 11 is 0. The Bertz CT molecular complexity index is 267. The molecule has 0 spiro atoms. The second-order valence-corrected chi connectivity index (χ2v) is 4.41. The van der Waals surface area contributed by atoms with Crippen molar-refractivity contribution in [2.75, 3.05) is 13.7 Å². The zero-order valence-electron chi connectivity index (χ0n) is 10.0. The molecule has 1 atom stereocenters. The SMILES string of the molecule is COC(C)(C)CCN[C@H](C)c1ccco1. The molecule has 0 aromatic carbocycles. The molecular formula is C12H21NO2. The van der Waals surface area contributed by atoms with E-state index in [0.29, 0.717) is 0 Å². The van der Waals surface area contributed by atoms with E-state index < -0.39 is 0 Å². The van der Waals surface area contributed by atoms with Gasteiger partial charge in [0.05, 0.1) is 17.9 Å². The maximum atomic E-state index is 5.35. The summed E-state index contributed by atoms with van der Waals surface area (Å²) < 4.78 is 10.7. The van der Waals surface area contributed by atoms with E-state index in [0.717, 1.165) is 18.7 Å². The molecule has 0 aliphatic rings. The second kappa shape index (κ2) is 5.33. The van der Waals surface area contributed by atoms with Gasteiger partial charge in [0.2, 0.25) is 0 Å². The predicted octanol–water partition coefficient (Wildman–Crippen LogP) is 2.75. The zero-order chi connectivity index (χ0) is 11.3. The molecule has 0 aliphatic heterocycles. The lowest BCUT2D eigenvalue weighted by Crippen LogP contribution is -2.30. The van der Waals surface area contributed by atoms with Gasteiger partial charge in [-0.05, 0) is 45.9 Å². The number of furan rings is 1. The Kier molecular flexibility index (Phi) is 4.36. The summed E-state index contributed by atoms with van der Waals surface area (Å²) in [5.41, 5.74) is -0.0596. The Morgan fingerprint density at radius 3 is 2.80 bits per heavy atom. The first kappa shape index (κ1) is 12.3. The van der Waals surface area contributed by atoms with Crippen LogP contribution in [-0.4, -0.2) is 19.3 Å². The van der Waals surface area contributed by atoms with E-state index in [4.69, 9.17) is 9.15 Å². The van der Waals surface area contributed by atoms with Gasteiger partial charge in [-0.25, -0.2) is 0 Å². The molecule has 0 radical (unpaired) electrons. The van der Waals surface area contributed by atoms with Gasteiger partial charge < -0.3 is 14.5 Å². The molecule has 0 amide bonds. The second-order valence-electron chi connectivity index (χ2n) is 4.41. The monoisotopic (exact) mass is 211 g/mol. The standard InChI is InChI=1S/C12H21NO2/c1-10(11-6-5-9-15-11)13-8-7-12(2,3)14-4/h5-6,9-10,13H,7-8H2,1-4H3/t10-/m1/s1. The smallest absolute Gasteiger partial charge is 0.120 e. The Balaban J connectivity index is 2.26. The molecule has 0 fully saturated rings. The van der Waals surface area contributed by atoms with E-state index in [1.807, 2.05) is 12.1 Å². The molecule has 3 nitrogen and oxygen atoms in total. The number of hydrogen-bond acceptors (Lipinski definition) is 3. The van der Waals surface area contributed by atoms with Crippen LogP contribution < -0.4 is 5.32 Å². The van der Waals surface area contributed by atoms with E-state index in [1.54, 1.807) is 13.4 Å². The summed E-state index contributed by atoms with van der Waals surface area (Å²) in [6, 6.07) is 4.15. The van der Waals surface area contributed by atoms with E-state index in [1.165, 1.54) is 0 Å². The van der Waals surface area contributed by atoms with Crippen LogP contribution in [0.15, 0.2) is 22.8 Å². The van der Waals surface area contributed by atoms with Crippen molar-refractivity contribution in [3.05, 3.63) is 24.2 Å². The van der Waals surface area contributed by atoms with Gasteiger partial charge in [-0.15, -0.1) is 0 Å². The fourth-order valence-corrected chi connectivity index (χ4v) is 1.33. The maximum Gasteiger partial charge on any atom is 0.120 e. The molecule has 15 heavy (non-hydrogen) atoms. The third-order valence-corrected chi connectivity index (χ3v) is 2.70. The zero-order valence-corrected chi connectivity index (χ0v) is 10.0. The van der Waals surface area contributed by atoms with Gasteiger partial charge in [0.1, 0.15) is 5.76 Å². The highest BCUT2D eigenvalue weighted by molar-refractivity contribution is 5.02. The highest BCUT2D eigenvalue weighted by Gasteiger charge is 2.16. The molecule has 1 rings (SSSR count). The minimum absolute atomic E-state index is 0.0596. The first-order chi connectivity index (χ1) is 7.05. The van der Waals surface area contributed by atoms with Gasteiger partial charge >= 0.3 is 0 Å². The lowest BCUT2D eigenvalue weighted by atomic mass is 10.1. The van der Waals surface area contributed by atoms with Gasteiger partial charge in [0.25, 0.3) is 0 Å². The van der Waals surface area contributed by atoms with E-state index in [-0.39, 0.29) is 11.6 Å². The summed E-state index contributed by atoms with van der Waals surface area (Å²) in [5, 5.41) is 3.40. The number of nitrogens with one attached hydrogen (secondary N) is 1. The summed E-state index contributed by atoms with van der Waals surface area (Å²) in [6.45, 7) is 7.19. The van der Waals surface area contributed by atoms with Crippen LogP contribution in [0.3, 0.4) is 0 Å². The third-order valence-electron chi connectivity index (χ3n) is 2.70. The van der Waals surface area contributed by atoms with Crippen molar-refractivity contribution in [3.63, 3.8) is 0 Å². The van der Waals surface area contributed by atoms with Crippen molar-refractivity contribution in [2.24, 2.45) is 0 Å². The van der Waals surface area contributed by atoms with Crippen LogP contribution in [-0.2, 0) is 4.74 Å². The summed E-state index contributed by atoms with van der Waals surface area (Å²) in [7, 11) is 1.75. The van der Waals surface area contributed by atoms with E-state index in [9.17, 15) is 0 Å². The molecule has 1 N–H and O–H groups in total. The molecule has 1 aromatic rings. The largest absolute Gasteiger partial charge is 0.468 e. The first-order valence-corrected chi connectivity index (χ1v) is 5.37. The number of ether oxygens (including phenoxy) is 1. The lowest BCUT2D eigenvalue weighted by molar-refractivity contribution is 0.0153. The fourth-order valence-electron chi connectivity index (χ4n) is 1.33. The molecule has 1 aromatic heterocycles. The molecule has 0 unspecified atom stereocenters. The molecule has 0 aliphatic carbocycles. The predicted molar refractivity (Wildman–Crippen MR) is 60.8 cm³/mol. The van der Waals surface area contributed by atoms with Gasteiger partial charge in [-0.3, -0.25) is 0 Å². The molecule has 0 saturated heterocycles. The van der Waals surface area contributed by atoms with Crippen molar-refractivity contribution in [1.82, 2.24) is 5.32 Å². The van der Waals surface area contributed by atoms with Crippen molar-refractivity contribution in [1.29, 1.82) is 0 Å². The first-order valence-electron chi connectivity index (χ1n) is 5.37. The highest BCUT2D eigenvalue weighted by atomic mass is 16.5. The fraction of sp³-hybridized carbons (Fsp3) is 0.667. The van der Waals surface area contributed by atoms with Crippen LogP contribution in [0.25, 0.3) is 0 Å². The van der Waals surface area contributed by atoms with Crippen LogP contribution in [0.4, 0.5) is 0 Å². The number of hydrogen-bond donors (Lipinski definition) is 1. The quantitative estimate of drug-likeness (QED) is 0.785. The van der Waals surface area contributed by atoms with Crippen molar-refractivity contribution in [3.8, 4) is 0 Å². The average molecular weight is 211 g/mol. The van der Waals surface area contributed by atoms with Gasteiger partial charge in [0, 0.05) is 7.11 Å². The normalized spacial score (nSPS) is 14.1. The van der Waals surface area contributed by atoms with Crippen LogP contribution in [0.5, 0.6) is 0 Å². The number of methoxy groups -OCH3 is 1. The molecule has 1 heterocycles. The van der Waals surface area contributed by atoms with Crippen LogP contribution in [0.1, 0.15) is 39.0 Å². The van der Waals surface area contributed by atoms with Crippen molar-refractivity contribution >= 4 is 0 Å². The summed E-state index contributed by atoms with van der Waals surface area (Å²) in [6.07, 6.45) is 2.68. The molecule has 3 heteroatoms. The topological polar surface area (TPSA) is 34.4 Å². The minimum Gasteiger partial charge on any atom is -0.468 e. The molecule has 86 valence electrons. The lowest BCUT2D eigenvalue weighted by Gasteiger charge is -2.23. The van der Waals surface area contributed by atoms with Gasteiger partial charge in [0.15, 0.2) is 0 Å². The maximum absolute atomic E-state index is 5.35. The van der Waals surface area contributed by atoms with E-state index in [2.05, 4.69) is 26.1 Å². The van der Waals surface area contributed by atoms with Crippen molar-refractivity contribution in [2.45, 2.75) is 38.8 Å². The Hall–Kier alpha value is -0.800. The van der Waals surface area contributed by atoms with Crippen LogP contribution in [0, 0.1) is 0 Å². The van der Waals surface area contributed by atoms with Gasteiger partial charge in [-0.2, -0.15) is 0 Å². The summed E-state index contributed by atoms with van der Waals surface area (Å²) in [4.78, 5) is 0. The van der Waals surface area contributed by atoms with Gasteiger partial charge in [-0.1, -0.05) is 0 Å². The Morgan fingerprint density at radius 2 is 2.27 bits per heavy atom. The minimum atomic E-state index is -0.0596.